The highest BCUT2D eigenvalue weighted by atomic mass is 31.2. The van der Waals surface area contributed by atoms with Crippen LogP contribution in [0.3, 0.4) is 0 Å². The molecule has 1 aromatic rings. The number of phenolic OH excluding ortho intramolecular Hbond substituents is 1. The van der Waals surface area contributed by atoms with Crippen molar-refractivity contribution in [1.82, 2.24) is 0 Å². The lowest BCUT2D eigenvalue weighted by Gasteiger charge is -2.24. The summed E-state index contributed by atoms with van der Waals surface area (Å²) in [5, 5.41) is 29.6. The number of hydrogen-bond donors (Lipinski definition) is 5. The Hall–Kier alpha value is -1.92. The molecule has 1 aliphatic rings. The van der Waals surface area contributed by atoms with Gasteiger partial charge in [-0.2, -0.15) is 4.76 Å². The molecule has 0 amide bonds. The van der Waals surface area contributed by atoms with Crippen molar-refractivity contribution in [3.8, 4) is 5.75 Å². The summed E-state index contributed by atoms with van der Waals surface area (Å²) in [5.41, 5.74) is 0.520. The van der Waals surface area contributed by atoms with Gasteiger partial charge in [0, 0.05) is 0 Å². The number of allylic oxidation sites excluding steroid dienone is 3. The zero-order valence-electron chi connectivity index (χ0n) is 11.4. The van der Waals surface area contributed by atoms with Crippen molar-refractivity contribution in [3.63, 3.8) is 0 Å². The van der Waals surface area contributed by atoms with E-state index in [1.54, 1.807) is 12.1 Å². The number of aromatic hydroxyl groups is 1. The zero-order chi connectivity index (χ0) is 16.3. The Morgan fingerprint density at radius 1 is 1.27 bits per heavy atom. The van der Waals surface area contributed by atoms with E-state index >= 15 is 0 Å². The van der Waals surface area contributed by atoms with Crippen LogP contribution in [0.25, 0.3) is 0 Å². The highest BCUT2D eigenvalue weighted by Crippen LogP contribution is 2.39. The predicted molar refractivity (Wildman–Crippen MR) is 80.6 cm³/mol. The Kier molecular flexibility index (Phi) is 4.83. The lowest BCUT2D eigenvalue weighted by Crippen LogP contribution is -2.32. The van der Waals surface area contributed by atoms with Crippen LogP contribution in [0.2, 0.25) is 0 Å². The van der Waals surface area contributed by atoms with Crippen molar-refractivity contribution >= 4 is 13.5 Å². The molecule has 22 heavy (non-hydrogen) atoms. The molecule has 5 N–H and O–H groups in total. The van der Waals surface area contributed by atoms with Gasteiger partial charge in [0.1, 0.15) is 11.5 Å². The lowest BCUT2D eigenvalue weighted by molar-refractivity contribution is 0.131. The van der Waals surface area contributed by atoms with Gasteiger partial charge >= 0.3 is 7.75 Å². The minimum absolute atomic E-state index is 0.0390. The van der Waals surface area contributed by atoms with Gasteiger partial charge in [-0.1, -0.05) is 18.2 Å². The third-order valence-corrected chi connectivity index (χ3v) is 3.65. The van der Waals surface area contributed by atoms with Crippen LogP contribution in [0.5, 0.6) is 5.75 Å². The SMILES string of the molecule is O=P(O)(O)N=C1C=CC=C(O)C1C(O)Cc1cccc(O)c1. The largest absolute Gasteiger partial charge is 0.512 e. The molecule has 2 rings (SSSR count). The second-order valence-corrected chi connectivity index (χ2v) is 6.13. The molecule has 7 nitrogen and oxygen atoms in total. The number of benzene rings is 1. The maximum atomic E-state index is 11.0. The summed E-state index contributed by atoms with van der Waals surface area (Å²) in [6.07, 6.45) is 2.96. The third kappa shape index (κ3) is 4.29. The highest BCUT2D eigenvalue weighted by molar-refractivity contribution is 7.50. The summed E-state index contributed by atoms with van der Waals surface area (Å²) in [5.74, 6) is -1.24. The second kappa shape index (κ2) is 6.46. The average molecular weight is 325 g/mol. The maximum absolute atomic E-state index is 11.0. The zero-order valence-corrected chi connectivity index (χ0v) is 12.3. The predicted octanol–water partition coefficient (Wildman–Crippen LogP) is 1.46. The number of rotatable bonds is 4. The topological polar surface area (TPSA) is 131 Å². The average Bonchev–Trinajstić information content (AvgIpc) is 2.36. The van der Waals surface area contributed by atoms with Gasteiger partial charge < -0.3 is 25.1 Å². The van der Waals surface area contributed by atoms with Gasteiger partial charge in [-0.3, -0.25) is 0 Å². The smallest absolute Gasteiger partial charge is 0.448 e. The van der Waals surface area contributed by atoms with Crippen molar-refractivity contribution in [2.45, 2.75) is 12.5 Å². The molecule has 2 atom stereocenters. The van der Waals surface area contributed by atoms with E-state index in [0.717, 1.165) is 0 Å². The van der Waals surface area contributed by atoms with Gasteiger partial charge in [0.2, 0.25) is 0 Å². The van der Waals surface area contributed by atoms with Crippen LogP contribution < -0.4 is 0 Å². The van der Waals surface area contributed by atoms with Crippen LogP contribution in [0.1, 0.15) is 5.56 Å². The lowest BCUT2D eigenvalue weighted by atomic mass is 9.87. The monoisotopic (exact) mass is 325 g/mol. The molecule has 0 heterocycles. The van der Waals surface area contributed by atoms with Gasteiger partial charge in [-0.05, 0) is 36.3 Å². The van der Waals surface area contributed by atoms with Crippen LogP contribution >= 0.6 is 7.75 Å². The molecule has 118 valence electrons. The molecule has 2 unspecified atom stereocenters. The number of phenols is 1. The molecule has 0 saturated carbocycles. The Morgan fingerprint density at radius 2 is 2.00 bits per heavy atom. The molecular weight excluding hydrogens is 309 g/mol. The third-order valence-electron chi connectivity index (χ3n) is 3.16. The molecule has 0 fully saturated rings. The Bertz CT molecular complexity index is 690. The fourth-order valence-corrected chi connectivity index (χ4v) is 2.78. The Balaban J connectivity index is 2.27. The van der Waals surface area contributed by atoms with Gasteiger partial charge in [-0.15, -0.1) is 0 Å². The van der Waals surface area contributed by atoms with Gasteiger partial charge in [0.15, 0.2) is 0 Å². The van der Waals surface area contributed by atoms with E-state index in [-0.39, 0.29) is 23.6 Å². The van der Waals surface area contributed by atoms with Crippen LogP contribution in [0.4, 0.5) is 0 Å². The first-order chi connectivity index (χ1) is 10.3. The second-order valence-electron chi connectivity index (χ2n) is 4.91. The van der Waals surface area contributed by atoms with E-state index in [1.165, 1.54) is 30.4 Å². The van der Waals surface area contributed by atoms with E-state index < -0.39 is 19.8 Å². The first kappa shape index (κ1) is 16.5. The number of aliphatic hydroxyl groups is 2. The summed E-state index contributed by atoms with van der Waals surface area (Å²) in [6, 6.07) is 6.24. The summed E-state index contributed by atoms with van der Waals surface area (Å²) in [4.78, 5) is 17.9. The van der Waals surface area contributed by atoms with E-state index in [1.807, 2.05) is 0 Å². The first-order valence-corrected chi connectivity index (χ1v) is 8.01. The molecule has 0 aliphatic heterocycles. The molecule has 0 radical (unpaired) electrons. The van der Waals surface area contributed by atoms with Crippen LogP contribution in [0, 0.1) is 5.92 Å². The van der Waals surface area contributed by atoms with E-state index in [4.69, 9.17) is 9.79 Å². The van der Waals surface area contributed by atoms with Gasteiger partial charge in [-0.25, -0.2) is 4.57 Å². The fraction of sp³-hybridized carbons (Fsp3) is 0.214. The van der Waals surface area contributed by atoms with Crippen LogP contribution in [0.15, 0.2) is 53.0 Å². The summed E-state index contributed by atoms with van der Waals surface area (Å²) in [7, 11) is -4.68. The minimum Gasteiger partial charge on any atom is -0.512 e. The molecule has 0 spiro atoms. The Morgan fingerprint density at radius 3 is 2.64 bits per heavy atom. The molecule has 0 bridgehead atoms. The number of aliphatic hydroxyl groups excluding tert-OH is 2. The number of hydrogen-bond acceptors (Lipinski definition) is 4. The standard InChI is InChI=1S/C14H16NO6P/c16-10-4-1-3-9(7-10)8-13(18)14-11(15-22(19,20)21)5-2-6-12(14)17/h1-7,13-14,16-18H,8H2,(H2,19,20,21). The summed E-state index contributed by atoms with van der Waals surface area (Å²) < 4.78 is 14.3. The van der Waals surface area contributed by atoms with E-state index in [9.17, 15) is 19.9 Å². The fourth-order valence-electron chi connectivity index (χ4n) is 2.29. The number of nitrogens with zero attached hydrogens (tertiary/aromatic N) is 1. The van der Waals surface area contributed by atoms with Gasteiger partial charge in [0.25, 0.3) is 0 Å². The van der Waals surface area contributed by atoms with Crippen molar-refractivity contribution in [2.75, 3.05) is 0 Å². The molecule has 0 saturated heterocycles. The summed E-state index contributed by atoms with van der Waals surface area (Å²) >= 11 is 0. The first-order valence-electron chi connectivity index (χ1n) is 6.45. The van der Waals surface area contributed by atoms with Crippen LogP contribution in [-0.4, -0.2) is 36.9 Å². The van der Waals surface area contributed by atoms with Crippen LogP contribution in [-0.2, 0) is 11.0 Å². The van der Waals surface area contributed by atoms with E-state index in [2.05, 4.69) is 4.76 Å². The molecular formula is C14H16NO6P. The normalized spacial score (nSPS) is 21.7. The van der Waals surface area contributed by atoms with Crippen molar-refractivity contribution in [2.24, 2.45) is 10.7 Å². The summed E-state index contributed by atoms with van der Waals surface area (Å²) in [6.45, 7) is 0. The van der Waals surface area contributed by atoms with Crippen molar-refractivity contribution in [3.05, 3.63) is 53.8 Å². The van der Waals surface area contributed by atoms with E-state index in [0.29, 0.717) is 5.56 Å². The highest BCUT2D eigenvalue weighted by Gasteiger charge is 2.31. The van der Waals surface area contributed by atoms with Gasteiger partial charge in [0.05, 0.1) is 17.7 Å². The molecule has 8 heteroatoms. The Labute approximate surface area is 126 Å². The molecule has 1 aromatic carbocycles. The van der Waals surface area contributed by atoms with Crippen molar-refractivity contribution < 1.29 is 29.7 Å². The maximum Gasteiger partial charge on any atom is 0.448 e. The minimum atomic E-state index is -4.68. The quantitative estimate of drug-likeness (QED) is 0.533. The van der Waals surface area contributed by atoms with Crippen molar-refractivity contribution in [1.29, 1.82) is 0 Å². The molecule has 0 aromatic heterocycles. The molecule has 1 aliphatic carbocycles.